The minimum atomic E-state index is -0.378. The quantitative estimate of drug-likeness (QED) is 0.636. The van der Waals surface area contributed by atoms with Crippen LogP contribution < -0.4 is 4.74 Å². The molecule has 0 unspecified atom stereocenters. The van der Waals surface area contributed by atoms with E-state index in [2.05, 4.69) is 4.98 Å². The van der Waals surface area contributed by atoms with Gasteiger partial charge in [0.1, 0.15) is 16.4 Å². The zero-order valence-electron chi connectivity index (χ0n) is 9.74. The lowest BCUT2D eigenvalue weighted by Gasteiger charge is -2.08. The van der Waals surface area contributed by atoms with E-state index in [9.17, 15) is 4.79 Å². The highest BCUT2D eigenvalue weighted by Gasteiger charge is 2.09. The van der Waals surface area contributed by atoms with Gasteiger partial charge in [-0.05, 0) is 35.7 Å². The molecule has 2 aromatic rings. The van der Waals surface area contributed by atoms with Gasteiger partial charge in [0, 0.05) is 11.8 Å². The van der Waals surface area contributed by atoms with Crippen LogP contribution in [0.1, 0.15) is 12.0 Å². The van der Waals surface area contributed by atoms with Crippen LogP contribution in [-0.2, 0) is 11.2 Å². The number of aryl methyl sites for hydroxylation is 1. The summed E-state index contributed by atoms with van der Waals surface area (Å²) in [6, 6.07) is 7.54. The van der Waals surface area contributed by atoms with Crippen molar-refractivity contribution in [2.24, 2.45) is 0 Å². The fourth-order valence-electron chi connectivity index (χ4n) is 1.77. The number of pyridine rings is 1. The first kappa shape index (κ1) is 13.1. The number of nitrogens with zero attached hydrogens (tertiary/aromatic N) is 1. The SMILES string of the molecule is COc1cccc2cc(CCC(=O)Cl)c(Cl)nc12. The van der Waals surface area contributed by atoms with Gasteiger partial charge in [-0.15, -0.1) is 0 Å². The fraction of sp³-hybridized carbons (Fsp3) is 0.231. The number of para-hydroxylation sites is 1. The summed E-state index contributed by atoms with van der Waals surface area (Å²) < 4.78 is 5.22. The number of methoxy groups -OCH3 is 1. The van der Waals surface area contributed by atoms with Gasteiger partial charge in [-0.25, -0.2) is 4.98 Å². The zero-order valence-corrected chi connectivity index (χ0v) is 11.3. The normalized spacial score (nSPS) is 10.6. The van der Waals surface area contributed by atoms with Gasteiger partial charge < -0.3 is 4.74 Å². The second-order valence-corrected chi connectivity index (χ2v) is 4.60. The van der Waals surface area contributed by atoms with Crippen LogP contribution in [0.2, 0.25) is 5.15 Å². The van der Waals surface area contributed by atoms with Crippen molar-refractivity contribution in [1.82, 2.24) is 4.98 Å². The Kier molecular flexibility index (Phi) is 4.04. The molecular formula is C13H11Cl2NO2. The van der Waals surface area contributed by atoms with Crippen LogP contribution in [0.4, 0.5) is 0 Å². The maximum Gasteiger partial charge on any atom is 0.221 e. The van der Waals surface area contributed by atoms with Gasteiger partial charge in [0.05, 0.1) is 7.11 Å². The lowest BCUT2D eigenvalue weighted by atomic mass is 10.1. The van der Waals surface area contributed by atoms with Crippen LogP contribution in [0.5, 0.6) is 5.75 Å². The van der Waals surface area contributed by atoms with Crippen LogP contribution in [0, 0.1) is 0 Å². The molecule has 0 aliphatic heterocycles. The van der Waals surface area contributed by atoms with Gasteiger partial charge in [0.15, 0.2) is 0 Å². The van der Waals surface area contributed by atoms with Gasteiger partial charge in [-0.1, -0.05) is 23.7 Å². The first-order chi connectivity index (χ1) is 8.61. The number of rotatable bonds is 4. The Morgan fingerprint density at radius 3 is 2.89 bits per heavy atom. The third kappa shape index (κ3) is 2.74. The van der Waals surface area contributed by atoms with E-state index < -0.39 is 0 Å². The zero-order chi connectivity index (χ0) is 13.1. The molecule has 2 rings (SSSR count). The molecule has 0 radical (unpaired) electrons. The number of benzene rings is 1. The van der Waals surface area contributed by atoms with Crippen LogP contribution in [0.3, 0.4) is 0 Å². The van der Waals surface area contributed by atoms with E-state index in [0.29, 0.717) is 22.8 Å². The van der Waals surface area contributed by atoms with Crippen molar-refractivity contribution < 1.29 is 9.53 Å². The van der Waals surface area contributed by atoms with Crippen molar-refractivity contribution in [1.29, 1.82) is 0 Å². The minimum absolute atomic E-state index is 0.248. The van der Waals surface area contributed by atoms with Crippen molar-refractivity contribution in [3.8, 4) is 5.75 Å². The Balaban J connectivity index is 2.46. The topological polar surface area (TPSA) is 39.2 Å². The van der Waals surface area contributed by atoms with Crippen molar-refractivity contribution in [2.45, 2.75) is 12.8 Å². The Morgan fingerprint density at radius 1 is 1.44 bits per heavy atom. The maximum atomic E-state index is 10.8. The summed E-state index contributed by atoms with van der Waals surface area (Å²) >= 11 is 11.4. The number of ether oxygens (including phenoxy) is 1. The molecule has 1 aromatic carbocycles. The molecule has 0 fully saturated rings. The van der Waals surface area contributed by atoms with E-state index in [1.54, 1.807) is 7.11 Å². The molecule has 0 saturated heterocycles. The lowest BCUT2D eigenvalue weighted by molar-refractivity contribution is -0.111. The highest BCUT2D eigenvalue weighted by Crippen LogP contribution is 2.28. The van der Waals surface area contributed by atoms with E-state index in [-0.39, 0.29) is 11.7 Å². The molecule has 0 atom stereocenters. The number of hydrogen-bond acceptors (Lipinski definition) is 3. The van der Waals surface area contributed by atoms with E-state index in [0.717, 1.165) is 10.9 Å². The second-order valence-electron chi connectivity index (χ2n) is 3.83. The first-order valence-corrected chi connectivity index (χ1v) is 6.18. The summed E-state index contributed by atoms with van der Waals surface area (Å²) in [6.45, 7) is 0. The average molecular weight is 284 g/mol. The van der Waals surface area contributed by atoms with Crippen LogP contribution in [0.15, 0.2) is 24.3 Å². The highest BCUT2D eigenvalue weighted by atomic mass is 35.5. The van der Waals surface area contributed by atoms with Gasteiger partial charge in [0.25, 0.3) is 0 Å². The van der Waals surface area contributed by atoms with Gasteiger partial charge in [-0.3, -0.25) is 4.79 Å². The monoisotopic (exact) mass is 283 g/mol. The second kappa shape index (κ2) is 5.55. The number of hydrogen-bond donors (Lipinski definition) is 0. The summed E-state index contributed by atoms with van der Waals surface area (Å²) in [4.78, 5) is 15.1. The van der Waals surface area contributed by atoms with E-state index in [1.165, 1.54) is 0 Å². The van der Waals surface area contributed by atoms with Gasteiger partial charge >= 0.3 is 0 Å². The van der Waals surface area contributed by atoms with E-state index >= 15 is 0 Å². The van der Waals surface area contributed by atoms with E-state index in [4.69, 9.17) is 27.9 Å². The summed E-state index contributed by atoms with van der Waals surface area (Å²) in [7, 11) is 1.59. The Hall–Kier alpha value is -1.32. The first-order valence-electron chi connectivity index (χ1n) is 5.42. The molecule has 0 saturated carbocycles. The summed E-state index contributed by atoms with van der Waals surface area (Å²) in [6.07, 6.45) is 0.736. The predicted octanol–water partition coefficient (Wildman–Crippen LogP) is 3.59. The summed E-state index contributed by atoms with van der Waals surface area (Å²) in [5, 5.41) is 0.928. The third-order valence-electron chi connectivity index (χ3n) is 2.65. The maximum absolute atomic E-state index is 10.8. The number of carbonyl (C=O) groups is 1. The molecule has 94 valence electrons. The molecule has 0 spiro atoms. The molecule has 1 heterocycles. The molecule has 5 heteroatoms. The van der Waals surface area contributed by atoms with Crippen molar-refractivity contribution in [3.05, 3.63) is 35.0 Å². The Morgan fingerprint density at radius 2 is 2.22 bits per heavy atom. The Labute approximate surface area is 115 Å². The molecule has 3 nitrogen and oxygen atoms in total. The third-order valence-corrected chi connectivity index (χ3v) is 3.16. The molecule has 0 N–H and O–H groups in total. The van der Waals surface area contributed by atoms with Gasteiger partial charge in [-0.2, -0.15) is 0 Å². The lowest BCUT2D eigenvalue weighted by Crippen LogP contribution is -1.96. The fourth-order valence-corrected chi connectivity index (χ4v) is 2.09. The van der Waals surface area contributed by atoms with Crippen LogP contribution >= 0.6 is 23.2 Å². The van der Waals surface area contributed by atoms with Crippen molar-refractivity contribution in [3.63, 3.8) is 0 Å². The molecule has 0 bridgehead atoms. The highest BCUT2D eigenvalue weighted by molar-refractivity contribution is 6.63. The van der Waals surface area contributed by atoms with E-state index in [1.807, 2.05) is 24.3 Å². The average Bonchev–Trinajstić information content (AvgIpc) is 2.35. The minimum Gasteiger partial charge on any atom is -0.494 e. The van der Waals surface area contributed by atoms with Crippen LogP contribution in [-0.4, -0.2) is 17.3 Å². The van der Waals surface area contributed by atoms with Gasteiger partial charge in [0.2, 0.25) is 5.24 Å². The summed E-state index contributed by atoms with van der Waals surface area (Å²) in [5.74, 6) is 0.675. The number of halogens is 2. The number of aromatic nitrogens is 1. The molecule has 0 amide bonds. The standard InChI is InChI=1S/C13H11Cl2NO2/c1-18-10-4-2-3-8-7-9(5-6-11(14)17)13(15)16-12(8)10/h2-4,7H,5-6H2,1H3. The number of fused-ring (bicyclic) bond motifs is 1. The van der Waals surface area contributed by atoms with Crippen LogP contribution in [0.25, 0.3) is 10.9 Å². The predicted molar refractivity (Wildman–Crippen MR) is 72.5 cm³/mol. The number of carbonyl (C=O) groups excluding carboxylic acids is 1. The largest absolute Gasteiger partial charge is 0.494 e. The van der Waals surface area contributed by atoms with Crippen molar-refractivity contribution >= 4 is 39.3 Å². The molecule has 0 aliphatic rings. The molecular weight excluding hydrogens is 273 g/mol. The molecule has 1 aromatic heterocycles. The molecule has 0 aliphatic carbocycles. The Bertz CT molecular complexity index is 599. The smallest absolute Gasteiger partial charge is 0.221 e. The molecule has 18 heavy (non-hydrogen) atoms. The summed E-state index contributed by atoms with van der Waals surface area (Å²) in [5.41, 5.74) is 1.53. The van der Waals surface area contributed by atoms with Crippen molar-refractivity contribution in [2.75, 3.05) is 7.11 Å².